The van der Waals surface area contributed by atoms with Crippen LogP contribution in [0.4, 0.5) is 0 Å². The number of aromatic nitrogens is 2. The normalized spacial score (nSPS) is 26.5. The summed E-state index contributed by atoms with van der Waals surface area (Å²) in [5.41, 5.74) is 2.45. The fraction of sp³-hybridized carbons (Fsp3) is 0.824. The fourth-order valence-corrected chi connectivity index (χ4v) is 4.31. The minimum absolute atomic E-state index is 0.659. The summed E-state index contributed by atoms with van der Waals surface area (Å²) in [6, 6.07) is 0.659. The highest BCUT2D eigenvalue weighted by Gasteiger charge is 2.32. The van der Waals surface area contributed by atoms with Gasteiger partial charge in [0.1, 0.15) is 0 Å². The van der Waals surface area contributed by atoms with E-state index in [2.05, 4.69) is 65.8 Å². The molecule has 4 heteroatoms. The molecule has 1 aliphatic carbocycles. The van der Waals surface area contributed by atoms with E-state index in [-0.39, 0.29) is 0 Å². The van der Waals surface area contributed by atoms with E-state index in [0.29, 0.717) is 6.04 Å². The van der Waals surface area contributed by atoms with Crippen LogP contribution in [0, 0.1) is 24.7 Å². The molecule has 1 N–H and O–H groups in total. The maximum Gasteiger partial charge on any atom is 0.0738 e. The quantitative estimate of drug-likeness (QED) is 0.861. The van der Waals surface area contributed by atoms with E-state index in [1.807, 2.05) is 0 Å². The van der Waals surface area contributed by atoms with Gasteiger partial charge in [-0.1, -0.05) is 20.8 Å². The molecule has 1 heterocycles. The van der Waals surface area contributed by atoms with E-state index < -0.39 is 0 Å². The van der Waals surface area contributed by atoms with Crippen molar-refractivity contribution in [3.8, 4) is 0 Å². The Labute approximate surface area is 138 Å². The second kappa shape index (κ2) is 7.28. The van der Waals surface area contributed by atoms with Gasteiger partial charge < -0.3 is 5.32 Å². The second-order valence-electron chi connectivity index (χ2n) is 6.92. The summed E-state index contributed by atoms with van der Waals surface area (Å²) < 4.78 is 3.26. The first-order valence-corrected chi connectivity index (χ1v) is 9.14. The van der Waals surface area contributed by atoms with Gasteiger partial charge in [-0.15, -0.1) is 0 Å². The average molecular weight is 356 g/mol. The fourth-order valence-electron chi connectivity index (χ4n) is 3.81. The molecule has 1 aromatic rings. The van der Waals surface area contributed by atoms with E-state index in [1.165, 1.54) is 29.4 Å². The molecular weight excluding hydrogens is 326 g/mol. The lowest BCUT2D eigenvalue weighted by Gasteiger charge is -2.38. The number of halogens is 1. The first-order chi connectivity index (χ1) is 9.93. The maximum absolute atomic E-state index is 4.55. The molecule has 0 spiro atoms. The molecule has 1 saturated carbocycles. The summed E-state index contributed by atoms with van der Waals surface area (Å²) in [6.45, 7) is 10.1. The van der Waals surface area contributed by atoms with Crippen molar-refractivity contribution in [2.75, 3.05) is 6.54 Å². The molecule has 0 aliphatic heterocycles. The zero-order chi connectivity index (χ0) is 15.6. The van der Waals surface area contributed by atoms with Crippen LogP contribution in [0.3, 0.4) is 0 Å². The van der Waals surface area contributed by atoms with Gasteiger partial charge in [0.25, 0.3) is 0 Å². The lowest BCUT2D eigenvalue weighted by atomic mass is 9.72. The summed E-state index contributed by atoms with van der Waals surface area (Å²) in [4.78, 5) is 0. The molecular formula is C17H30BrN3. The van der Waals surface area contributed by atoms with E-state index in [4.69, 9.17) is 0 Å². The molecule has 0 radical (unpaired) electrons. The SMILES string of the molecule is CCNC1CCC(C(C)C)CC1Cc1c(Br)c(C)nn1C. The molecule has 1 aliphatic rings. The summed E-state index contributed by atoms with van der Waals surface area (Å²) in [5.74, 6) is 2.39. The van der Waals surface area contributed by atoms with E-state index in [9.17, 15) is 0 Å². The Morgan fingerprint density at radius 1 is 1.38 bits per heavy atom. The van der Waals surface area contributed by atoms with Crippen LogP contribution in [-0.2, 0) is 13.5 Å². The van der Waals surface area contributed by atoms with Crippen LogP contribution < -0.4 is 5.32 Å². The van der Waals surface area contributed by atoms with Crippen LogP contribution in [0.15, 0.2) is 4.47 Å². The van der Waals surface area contributed by atoms with Gasteiger partial charge in [0.15, 0.2) is 0 Å². The highest BCUT2D eigenvalue weighted by molar-refractivity contribution is 9.10. The van der Waals surface area contributed by atoms with Gasteiger partial charge in [-0.25, -0.2) is 0 Å². The Kier molecular flexibility index (Phi) is 5.89. The van der Waals surface area contributed by atoms with Crippen molar-refractivity contribution in [2.24, 2.45) is 24.8 Å². The number of nitrogens with one attached hydrogen (secondary N) is 1. The first-order valence-electron chi connectivity index (χ1n) is 8.35. The van der Waals surface area contributed by atoms with Crippen LogP contribution in [0.2, 0.25) is 0 Å². The molecule has 21 heavy (non-hydrogen) atoms. The molecule has 120 valence electrons. The number of rotatable bonds is 5. The van der Waals surface area contributed by atoms with Crippen molar-refractivity contribution in [2.45, 2.75) is 59.4 Å². The van der Waals surface area contributed by atoms with Crippen LogP contribution in [-0.4, -0.2) is 22.4 Å². The molecule has 0 saturated heterocycles. The molecule has 3 atom stereocenters. The molecule has 3 unspecified atom stereocenters. The Balaban J connectivity index is 2.15. The lowest BCUT2D eigenvalue weighted by Crippen LogP contribution is -2.42. The van der Waals surface area contributed by atoms with Crippen molar-refractivity contribution >= 4 is 15.9 Å². The largest absolute Gasteiger partial charge is 0.314 e. The summed E-state index contributed by atoms with van der Waals surface area (Å²) >= 11 is 3.73. The third-order valence-corrected chi connectivity index (χ3v) is 6.18. The van der Waals surface area contributed by atoms with E-state index in [1.54, 1.807) is 0 Å². The Bertz CT molecular complexity index is 467. The summed E-state index contributed by atoms with van der Waals surface area (Å²) in [5, 5.41) is 8.27. The van der Waals surface area contributed by atoms with Gasteiger partial charge in [-0.05, 0) is 72.8 Å². The lowest BCUT2D eigenvalue weighted by molar-refractivity contribution is 0.167. The van der Waals surface area contributed by atoms with E-state index >= 15 is 0 Å². The highest BCUT2D eigenvalue weighted by atomic mass is 79.9. The average Bonchev–Trinajstić information content (AvgIpc) is 2.67. The number of hydrogen-bond donors (Lipinski definition) is 1. The minimum atomic E-state index is 0.659. The van der Waals surface area contributed by atoms with Crippen molar-refractivity contribution in [1.82, 2.24) is 15.1 Å². The van der Waals surface area contributed by atoms with E-state index in [0.717, 1.165) is 36.4 Å². The van der Waals surface area contributed by atoms with Crippen LogP contribution in [0.25, 0.3) is 0 Å². The van der Waals surface area contributed by atoms with Crippen LogP contribution in [0.1, 0.15) is 51.4 Å². The summed E-state index contributed by atoms with van der Waals surface area (Å²) in [7, 11) is 2.07. The Hall–Kier alpha value is -0.350. The maximum atomic E-state index is 4.55. The zero-order valence-corrected chi connectivity index (χ0v) is 15.7. The molecule has 3 nitrogen and oxygen atoms in total. The zero-order valence-electron chi connectivity index (χ0n) is 14.1. The minimum Gasteiger partial charge on any atom is -0.314 e. The molecule has 0 aromatic carbocycles. The van der Waals surface area contributed by atoms with Crippen molar-refractivity contribution in [1.29, 1.82) is 0 Å². The van der Waals surface area contributed by atoms with Gasteiger partial charge in [-0.2, -0.15) is 5.10 Å². The second-order valence-corrected chi connectivity index (χ2v) is 7.71. The number of hydrogen-bond acceptors (Lipinski definition) is 2. The predicted octanol–water partition coefficient (Wildman–Crippen LogP) is 4.08. The number of nitrogens with zero attached hydrogens (tertiary/aromatic N) is 2. The number of aryl methyl sites for hydroxylation is 2. The Morgan fingerprint density at radius 3 is 2.62 bits per heavy atom. The summed E-state index contributed by atoms with van der Waals surface area (Å²) in [6.07, 6.45) is 5.15. The monoisotopic (exact) mass is 355 g/mol. The first kappa shape index (κ1) is 17.0. The predicted molar refractivity (Wildman–Crippen MR) is 92.5 cm³/mol. The molecule has 0 bridgehead atoms. The molecule has 2 rings (SSSR count). The van der Waals surface area contributed by atoms with Crippen LogP contribution >= 0.6 is 15.9 Å². The van der Waals surface area contributed by atoms with Gasteiger partial charge in [0.2, 0.25) is 0 Å². The molecule has 1 aromatic heterocycles. The Morgan fingerprint density at radius 2 is 2.10 bits per heavy atom. The third-order valence-electron chi connectivity index (χ3n) is 5.15. The van der Waals surface area contributed by atoms with Gasteiger partial charge in [-0.3, -0.25) is 4.68 Å². The molecule has 0 amide bonds. The molecule has 1 fully saturated rings. The van der Waals surface area contributed by atoms with Crippen LogP contribution in [0.5, 0.6) is 0 Å². The van der Waals surface area contributed by atoms with Gasteiger partial charge in [0.05, 0.1) is 15.9 Å². The topological polar surface area (TPSA) is 29.9 Å². The van der Waals surface area contributed by atoms with Crippen molar-refractivity contribution in [3.05, 3.63) is 15.9 Å². The van der Waals surface area contributed by atoms with Crippen molar-refractivity contribution < 1.29 is 0 Å². The van der Waals surface area contributed by atoms with Gasteiger partial charge >= 0.3 is 0 Å². The third kappa shape index (κ3) is 3.89. The highest BCUT2D eigenvalue weighted by Crippen LogP contribution is 2.37. The van der Waals surface area contributed by atoms with Crippen molar-refractivity contribution in [3.63, 3.8) is 0 Å². The smallest absolute Gasteiger partial charge is 0.0738 e. The standard InChI is InChI=1S/C17H30BrN3/c1-6-19-15-8-7-13(11(2)3)9-14(15)10-16-17(18)12(4)20-21(16)5/h11,13-15,19H,6-10H2,1-5H3. The van der Waals surface area contributed by atoms with Gasteiger partial charge in [0, 0.05) is 13.1 Å².